The molecule has 0 radical (unpaired) electrons. The lowest BCUT2D eigenvalue weighted by Gasteiger charge is -2.07. The fourth-order valence-electron chi connectivity index (χ4n) is 1.67. The van der Waals surface area contributed by atoms with E-state index in [1.54, 1.807) is 18.2 Å². The van der Waals surface area contributed by atoms with E-state index in [9.17, 15) is 9.18 Å². The van der Waals surface area contributed by atoms with Crippen LogP contribution < -0.4 is 0 Å². The lowest BCUT2D eigenvalue weighted by atomic mass is 10.0. The Labute approximate surface area is 132 Å². The van der Waals surface area contributed by atoms with E-state index < -0.39 is 5.82 Å². The summed E-state index contributed by atoms with van der Waals surface area (Å²) in [6, 6.07) is 9.66. The van der Waals surface area contributed by atoms with Crippen LogP contribution in [0.25, 0.3) is 0 Å². The van der Waals surface area contributed by atoms with Gasteiger partial charge in [-0.1, -0.05) is 49.5 Å². The van der Waals surface area contributed by atoms with E-state index in [1.807, 2.05) is 6.07 Å². The first-order valence-corrected chi connectivity index (χ1v) is 7.36. The van der Waals surface area contributed by atoms with Gasteiger partial charge in [0, 0.05) is 31.5 Å². The zero-order valence-electron chi connectivity index (χ0n) is 9.59. The summed E-state index contributed by atoms with van der Waals surface area (Å²) >= 11 is 12.5. The molecule has 19 heavy (non-hydrogen) atoms. The first-order chi connectivity index (χ1) is 8.99. The SMILES string of the molecule is O=C(Cc1c(F)cccc1Cl)c1cc(Br)ccc1Br. The van der Waals surface area contributed by atoms with Crippen molar-refractivity contribution in [1.29, 1.82) is 0 Å². The number of hydrogen-bond donors (Lipinski definition) is 0. The quantitative estimate of drug-likeness (QED) is 0.621. The van der Waals surface area contributed by atoms with Gasteiger partial charge in [0.25, 0.3) is 0 Å². The maximum Gasteiger partial charge on any atom is 0.168 e. The van der Waals surface area contributed by atoms with Crippen LogP contribution in [0.3, 0.4) is 0 Å². The number of benzene rings is 2. The summed E-state index contributed by atoms with van der Waals surface area (Å²) in [7, 11) is 0. The highest BCUT2D eigenvalue weighted by molar-refractivity contribution is 9.11. The summed E-state index contributed by atoms with van der Waals surface area (Å²) in [4.78, 5) is 12.2. The van der Waals surface area contributed by atoms with Crippen molar-refractivity contribution in [2.24, 2.45) is 0 Å². The molecule has 0 aliphatic rings. The summed E-state index contributed by atoms with van der Waals surface area (Å²) in [5.41, 5.74) is 0.717. The molecule has 98 valence electrons. The summed E-state index contributed by atoms with van der Waals surface area (Å²) in [6.45, 7) is 0. The highest BCUT2D eigenvalue weighted by Gasteiger charge is 2.15. The monoisotopic (exact) mass is 404 g/mol. The molecule has 0 atom stereocenters. The molecule has 0 unspecified atom stereocenters. The summed E-state index contributed by atoms with van der Waals surface area (Å²) < 4.78 is 15.1. The molecule has 2 rings (SSSR count). The molecule has 0 aliphatic heterocycles. The van der Waals surface area contributed by atoms with Crippen LogP contribution in [0, 0.1) is 5.82 Å². The average Bonchev–Trinajstić information content (AvgIpc) is 2.37. The van der Waals surface area contributed by atoms with Crippen LogP contribution in [0.5, 0.6) is 0 Å². The standard InChI is InChI=1S/C14H8Br2ClFO/c15-8-4-5-11(16)9(6-8)14(19)7-10-12(17)2-1-3-13(10)18/h1-6H,7H2. The van der Waals surface area contributed by atoms with E-state index in [4.69, 9.17) is 11.6 Å². The van der Waals surface area contributed by atoms with Gasteiger partial charge in [-0.2, -0.15) is 0 Å². The van der Waals surface area contributed by atoms with Crippen LogP contribution >= 0.6 is 43.5 Å². The lowest BCUT2D eigenvalue weighted by molar-refractivity contribution is 0.0991. The van der Waals surface area contributed by atoms with Crippen LogP contribution in [-0.2, 0) is 6.42 Å². The summed E-state index contributed by atoms with van der Waals surface area (Å²) in [5, 5.41) is 0.263. The largest absolute Gasteiger partial charge is 0.294 e. The van der Waals surface area contributed by atoms with Gasteiger partial charge in [-0.15, -0.1) is 0 Å². The second-order valence-corrected chi connectivity index (χ2v) is 6.10. The van der Waals surface area contributed by atoms with Crippen molar-refractivity contribution in [3.8, 4) is 0 Å². The molecule has 0 amide bonds. The fraction of sp³-hybridized carbons (Fsp3) is 0.0714. The highest BCUT2D eigenvalue weighted by Crippen LogP contribution is 2.25. The van der Waals surface area contributed by atoms with Gasteiger partial charge < -0.3 is 0 Å². The molecule has 2 aromatic carbocycles. The van der Waals surface area contributed by atoms with Crippen molar-refractivity contribution in [3.05, 3.63) is 67.3 Å². The molecule has 0 aliphatic carbocycles. The van der Waals surface area contributed by atoms with Crippen molar-refractivity contribution < 1.29 is 9.18 Å². The van der Waals surface area contributed by atoms with Crippen LogP contribution in [-0.4, -0.2) is 5.78 Å². The molecule has 0 saturated heterocycles. The first kappa shape index (κ1) is 14.7. The number of Topliss-reactive ketones (excluding diaryl/α,β-unsaturated/α-hetero) is 1. The Balaban J connectivity index is 2.34. The topological polar surface area (TPSA) is 17.1 Å². The molecular weight excluding hydrogens is 398 g/mol. The van der Waals surface area contributed by atoms with E-state index in [2.05, 4.69) is 31.9 Å². The van der Waals surface area contributed by atoms with Crippen LogP contribution in [0.1, 0.15) is 15.9 Å². The Morgan fingerprint density at radius 3 is 2.63 bits per heavy atom. The molecule has 0 spiro atoms. The van der Waals surface area contributed by atoms with E-state index >= 15 is 0 Å². The maximum absolute atomic E-state index is 13.6. The molecule has 5 heteroatoms. The third-order valence-corrected chi connectivity index (χ3v) is 4.17. The van der Waals surface area contributed by atoms with Crippen LogP contribution in [0.4, 0.5) is 4.39 Å². The molecule has 0 saturated carbocycles. The van der Waals surface area contributed by atoms with E-state index in [0.29, 0.717) is 10.0 Å². The lowest BCUT2D eigenvalue weighted by Crippen LogP contribution is -2.06. The van der Waals surface area contributed by atoms with Gasteiger partial charge in [0.15, 0.2) is 5.78 Å². The molecule has 0 bridgehead atoms. The van der Waals surface area contributed by atoms with Gasteiger partial charge in [-0.25, -0.2) is 4.39 Å². The average molecular weight is 406 g/mol. The van der Waals surface area contributed by atoms with Gasteiger partial charge in [0.2, 0.25) is 0 Å². The molecule has 0 N–H and O–H groups in total. The number of carbonyl (C=O) groups is 1. The third-order valence-electron chi connectivity index (χ3n) is 2.63. The predicted octanol–water partition coefficient (Wildman–Crippen LogP) is 5.43. The number of carbonyl (C=O) groups excluding carboxylic acids is 1. The number of halogens is 4. The Morgan fingerprint density at radius 2 is 1.95 bits per heavy atom. The van der Waals surface area contributed by atoms with Crippen molar-refractivity contribution in [2.45, 2.75) is 6.42 Å². The second kappa shape index (κ2) is 6.16. The van der Waals surface area contributed by atoms with Gasteiger partial charge in [-0.05, 0) is 30.3 Å². The maximum atomic E-state index is 13.6. The fourth-order valence-corrected chi connectivity index (χ4v) is 2.73. The highest BCUT2D eigenvalue weighted by atomic mass is 79.9. The third kappa shape index (κ3) is 3.44. The van der Waals surface area contributed by atoms with Crippen molar-refractivity contribution in [2.75, 3.05) is 0 Å². The predicted molar refractivity (Wildman–Crippen MR) is 81.3 cm³/mol. The minimum atomic E-state index is -0.466. The summed E-state index contributed by atoms with van der Waals surface area (Å²) in [5.74, 6) is -0.660. The van der Waals surface area contributed by atoms with Crippen LogP contribution in [0.15, 0.2) is 45.3 Å². The molecule has 0 heterocycles. The normalized spacial score (nSPS) is 10.5. The van der Waals surface area contributed by atoms with Gasteiger partial charge >= 0.3 is 0 Å². The van der Waals surface area contributed by atoms with E-state index in [0.717, 1.165) is 4.47 Å². The minimum Gasteiger partial charge on any atom is -0.294 e. The Hall–Kier alpha value is -0.710. The zero-order valence-corrected chi connectivity index (χ0v) is 13.5. The van der Waals surface area contributed by atoms with Gasteiger partial charge in [-0.3, -0.25) is 4.79 Å². The zero-order chi connectivity index (χ0) is 14.0. The first-order valence-electron chi connectivity index (χ1n) is 5.40. The number of rotatable bonds is 3. The van der Waals surface area contributed by atoms with Gasteiger partial charge in [0.1, 0.15) is 5.82 Å². The summed E-state index contributed by atoms with van der Waals surface area (Å²) in [6.07, 6.45) is -0.0689. The Morgan fingerprint density at radius 1 is 1.21 bits per heavy atom. The number of hydrogen-bond acceptors (Lipinski definition) is 1. The second-order valence-electron chi connectivity index (χ2n) is 3.92. The molecular formula is C14H8Br2ClFO. The Bertz CT molecular complexity index is 623. The molecule has 0 fully saturated rings. The van der Waals surface area contributed by atoms with Crippen molar-refractivity contribution in [1.82, 2.24) is 0 Å². The molecule has 0 aromatic heterocycles. The van der Waals surface area contributed by atoms with Gasteiger partial charge in [0.05, 0.1) is 0 Å². The number of ketones is 1. The Kier molecular flexibility index (Phi) is 4.76. The molecule has 1 nitrogen and oxygen atoms in total. The molecule has 2 aromatic rings. The van der Waals surface area contributed by atoms with Crippen LogP contribution in [0.2, 0.25) is 5.02 Å². The van der Waals surface area contributed by atoms with E-state index in [-0.39, 0.29) is 22.8 Å². The van der Waals surface area contributed by atoms with Crippen molar-refractivity contribution >= 4 is 49.2 Å². The van der Waals surface area contributed by atoms with E-state index in [1.165, 1.54) is 12.1 Å². The minimum absolute atomic E-state index is 0.0689. The van der Waals surface area contributed by atoms with Crippen molar-refractivity contribution in [3.63, 3.8) is 0 Å². The smallest absolute Gasteiger partial charge is 0.168 e.